The molecule has 0 saturated heterocycles. The maximum Gasteiger partial charge on any atom is 0.164 e. The van der Waals surface area contributed by atoms with E-state index in [1.54, 1.807) is 0 Å². The third-order valence-corrected chi connectivity index (χ3v) is 11.7. The van der Waals surface area contributed by atoms with E-state index in [1.165, 1.54) is 38.1 Å². The summed E-state index contributed by atoms with van der Waals surface area (Å²) in [6.07, 6.45) is 0. The normalized spacial score (nSPS) is 11.7. The third-order valence-electron chi connectivity index (χ3n) is 11.7. The first kappa shape index (κ1) is 33.9. The van der Waals surface area contributed by atoms with Crippen LogP contribution < -0.4 is 0 Å². The van der Waals surface area contributed by atoms with Gasteiger partial charge in [0.05, 0.1) is 22.1 Å². The Hall–Kier alpha value is -8.15. The third kappa shape index (κ3) is 5.59. The van der Waals surface area contributed by atoms with Gasteiger partial charge in [0, 0.05) is 49.6 Å². The van der Waals surface area contributed by atoms with Crippen molar-refractivity contribution in [2.45, 2.75) is 0 Å². The number of rotatable bonds is 6. The SMILES string of the molecule is c1ccc(-c2cccc(-c3nc(-c4ccccc4)nc(-c4ccc5ccc(-n6c7ccccc7c7cc8c9ccccc9n(-c9ccccc9)c8cc76)cc5c4)n3)c2)cc1. The van der Waals surface area contributed by atoms with Gasteiger partial charge in [-0.1, -0.05) is 152 Å². The lowest BCUT2D eigenvalue weighted by Gasteiger charge is -2.12. The van der Waals surface area contributed by atoms with Gasteiger partial charge >= 0.3 is 0 Å². The van der Waals surface area contributed by atoms with E-state index in [2.05, 4.69) is 197 Å². The van der Waals surface area contributed by atoms with Crippen LogP contribution in [0.4, 0.5) is 0 Å². The summed E-state index contributed by atoms with van der Waals surface area (Å²) in [7, 11) is 0. The van der Waals surface area contributed by atoms with Crippen LogP contribution in [-0.4, -0.2) is 24.1 Å². The van der Waals surface area contributed by atoms with E-state index in [0.29, 0.717) is 17.5 Å². The minimum Gasteiger partial charge on any atom is -0.309 e. The standard InChI is InChI=1S/C55H35N5/c1-4-15-36(16-5-1)39-19-14-20-40(31-39)54-56-53(38-17-6-2-7-18-38)57-55(58-54)41-28-27-37-29-30-44(33-42(37)32-41)60-50-26-13-11-24-46(50)48-34-47-45-23-10-12-25-49(45)59(51(47)35-52(48)60)43-21-8-3-9-22-43/h1-35H. The topological polar surface area (TPSA) is 48.5 Å². The molecule has 0 amide bonds. The first-order chi connectivity index (χ1) is 29.7. The van der Waals surface area contributed by atoms with E-state index in [1.807, 2.05) is 24.3 Å². The molecule has 0 saturated carbocycles. The first-order valence-corrected chi connectivity index (χ1v) is 20.3. The molecule has 0 N–H and O–H groups in total. The van der Waals surface area contributed by atoms with Crippen LogP contribution in [-0.2, 0) is 0 Å². The largest absolute Gasteiger partial charge is 0.309 e. The lowest BCUT2D eigenvalue weighted by Crippen LogP contribution is -2.00. The summed E-state index contributed by atoms with van der Waals surface area (Å²) in [5, 5.41) is 7.18. The number of benzene rings is 9. The molecule has 0 spiro atoms. The van der Waals surface area contributed by atoms with Gasteiger partial charge < -0.3 is 9.13 Å². The van der Waals surface area contributed by atoms with Crippen molar-refractivity contribution in [1.29, 1.82) is 0 Å². The molecule has 0 fully saturated rings. The number of nitrogens with zero attached hydrogens (tertiary/aromatic N) is 5. The second kappa shape index (κ2) is 13.8. The van der Waals surface area contributed by atoms with Crippen LogP contribution >= 0.6 is 0 Å². The van der Waals surface area contributed by atoms with Crippen LogP contribution in [0.1, 0.15) is 0 Å². The van der Waals surface area contributed by atoms with Gasteiger partial charge in [-0.05, 0) is 82.6 Å². The molecule has 0 aliphatic carbocycles. The highest BCUT2D eigenvalue weighted by atomic mass is 15.0. The zero-order chi connectivity index (χ0) is 39.6. The Morgan fingerprint density at radius 3 is 1.42 bits per heavy atom. The lowest BCUT2D eigenvalue weighted by molar-refractivity contribution is 1.07. The number of aromatic nitrogens is 5. The van der Waals surface area contributed by atoms with E-state index >= 15 is 0 Å². The summed E-state index contributed by atoms with van der Waals surface area (Å²) in [6.45, 7) is 0. The molecule has 0 aliphatic rings. The molecule has 3 heterocycles. The molecule has 0 unspecified atom stereocenters. The number of fused-ring (bicyclic) bond motifs is 7. The van der Waals surface area contributed by atoms with Crippen LogP contribution in [0.3, 0.4) is 0 Å². The molecular formula is C55H35N5. The Morgan fingerprint density at radius 2 is 0.750 bits per heavy atom. The molecule has 12 aromatic rings. The highest BCUT2D eigenvalue weighted by Gasteiger charge is 2.19. The van der Waals surface area contributed by atoms with Gasteiger partial charge in [-0.2, -0.15) is 0 Å². The van der Waals surface area contributed by atoms with Gasteiger partial charge in [0.1, 0.15) is 0 Å². The molecular weight excluding hydrogens is 731 g/mol. The summed E-state index contributed by atoms with van der Waals surface area (Å²) in [6, 6.07) is 75.2. The maximum atomic E-state index is 5.15. The van der Waals surface area contributed by atoms with Crippen LogP contribution in [0, 0.1) is 0 Å². The molecule has 12 rings (SSSR count). The maximum absolute atomic E-state index is 5.15. The monoisotopic (exact) mass is 765 g/mol. The number of para-hydroxylation sites is 3. The fourth-order valence-electron chi connectivity index (χ4n) is 8.90. The molecule has 9 aromatic carbocycles. The Morgan fingerprint density at radius 1 is 0.250 bits per heavy atom. The van der Waals surface area contributed by atoms with E-state index in [4.69, 9.17) is 15.0 Å². The second-order valence-electron chi connectivity index (χ2n) is 15.3. The van der Waals surface area contributed by atoms with Crippen molar-refractivity contribution in [2.75, 3.05) is 0 Å². The van der Waals surface area contributed by atoms with Gasteiger partial charge in [-0.15, -0.1) is 0 Å². The highest BCUT2D eigenvalue weighted by Crippen LogP contribution is 2.40. The van der Waals surface area contributed by atoms with Crippen LogP contribution in [0.25, 0.3) is 111 Å². The average Bonchev–Trinajstić information content (AvgIpc) is 3.83. The van der Waals surface area contributed by atoms with Crippen molar-refractivity contribution >= 4 is 54.4 Å². The van der Waals surface area contributed by atoms with Gasteiger partial charge in [-0.3, -0.25) is 0 Å². The number of hydrogen-bond donors (Lipinski definition) is 0. The average molecular weight is 766 g/mol. The fraction of sp³-hybridized carbons (Fsp3) is 0. The smallest absolute Gasteiger partial charge is 0.164 e. The van der Waals surface area contributed by atoms with Crippen molar-refractivity contribution < 1.29 is 0 Å². The summed E-state index contributed by atoms with van der Waals surface area (Å²) in [4.78, 5) is 15.3. The van der Waals surface area contributed by atoms with Gasteiger partial charge in [-0.25, -0.2) is 15.0 Å². The highest BCUT2D eigenvalue weighted by molar-refractivity contribution is 6.19. The van der Waals surface area contributed by atoms with Crippen molar-refractivity contribution in [1.82, 2.24) is 24.1 Å². The van der Waals surface area contributed by atoms with Crippen LogP contribution in [0.15, 0.2) is 212 Å². The number of hydrogen-bond acceptors (Lipinski definition) is 3. The summed E-state index contributed by atoms with van der Waals surface area (Å²) < 4.78 is 4.81. The van der Waals surface area contributed by atoms with Crippen molar-refractivity contribution in [3.05, 3.63) is 212 Å². The Bertz CT molecular complexity index is 3590. The summed E-state index contributed by atoms with van der Waals surface area (Å²) >= 11 is 0. The second-order valence-corrected chi connectivity index (χ2v) is 15.3. The lowest BCUT2D eigenvalue weighted by atomic mass is 10.0. The predicted octanol–water partition coefficient (Wildman–Crippen LogP) is 13.9. The molecule has 0 bridgehead atoms. The van der Waals surface area contributed by atoms with Crippen molar-refractivity contribution in [3.63, 3.8) is 0 Å². The molecule has 60 heavy (non-hydrogen) atoms. The van der Waals surface area contributed by atoms with E-state index < -0.39 is 0 Å². The molecule has 0 aliphatic heterocycles. The minimum absolute atomic E-state index is 0.629. The first-order valence-electron chi connectivity index (χ1n) is 20.3. The van der Waals surface area contributed by atoms with Crippen LogP contribution in [0.2, 0.25) is 0 Å². The van der Waals surface area contributed by atoms with Crippen LogP contribution in [0.5, 0.6) is 0 Å². The van der Waals surface area contributed by atoms with Crippen molar-refractivity contribution in [2.24, 2.45) is 0 Å². The van der Waals surface area contributed by atoms with Gasteiger partial charge in [0.2, 0.25) is 0 Å². The zero-order valence-electron chi connectivity index (χ0n) is 32.4. The molecule has 0 radical (unpaired) electrons. The summed E-state index contributed by atoms with van der Waals surface area (Å²) in [5.41, 5.74) is 12.0. The molecule has 3 aromatic heterocycles. The minimum atomic E-state index is 0.629. The van der Waals surface area contributed by atoms with Crippen molar-refractivity contribution in [3.8, 4) is 56.7 Å². The molecule has 5 nitrogen and oxygen atoms in total. The van der Waals surface area contributed by atoms with Gasteiger partial charge in [0.25, 0.3) is 0 Å². The Balaban J connectivity index is 1.04. The van der Waals surface area contributed by atoms with E-state index in [-0.39, 0.29) is 0 Å². The quantitative estimate of drug-likeness (QED) is 0.169. The Kier molecular flexibility index (Phi) is 7.78. The van der Waals surface area contributed by atoms with E-state index in [0.717, 1.165) is 55.5 Å². The summed E-state index contributed by atoms with van der Waals surface area (Å²) in [5.74, 6) is 1.90. The van der Waals surface area contributed by atoms with E-state index in [9.17, 15) is 0 Å². The zero-order valence-corrected chi connectivity index (χ0v) is 32.4. The fourth-order valence-corrected chi connectivity index (χ4v) is 8.90. The molecule has 5 heteroatoms. The molecule has 280 valence electrons. The van der Waals surface area contributed by atoms with Gasteiger partial charge in [0.15, 0.2) is 17.5 Å². The predicted molar refractivity (Wildman–Crippen MR) is 248 cm³/mol. The molecule has 0 atom stereocenters. The Labute approximate surface area is 346 Å².